The van der Waals surface area contributed by atoms with E-state index in [2.05, 4.69) is 14.7 Å². The Kier molecular flexibility index (Phi) is 5.96. The van der Waals surface area contributed by atoms with E-state index in [0.717, 1.165) is 11.3 Å². The molecule has 0 aliphatic carbocycles. The normalized spacial score (nSPS) is 13.2. The maximum Gasteiger partial charge on any atom is 0.214 e. The van der Waals surface area contributed by atoms with E-state index < -0.39 is 16.1 Å². The van der Waals surface area contributed by atoms with E-state index in [1.165, 1.54) is 0 Å². The summed E-state index contributed by atoms with van der Waals surface area (Å²) in [7, 11) is -3.54. The number of rotatable bonds is 8. The summed E-state index contributed by atoms with van der Waals surface area (Å²) in [6, 6.07) is 6.90. The van der Waals surface area contributed by atoms with Gasteiger partial charge in [0.1, 0.15) is 0 Å². The van der Waals surface area contributed by atoms with Crippen molar-refractivity contribution >= 4 is 21.6 Å². The molecule has 6 nitrogen and oxygen atoms in total. The van der Waals surface area contributed by atoms with Gasteiger partial charge in [0.25, 0.3) is 0 Å². The summed E-state index contributed by atoms with van der Waals surface area (Å²) in [6.45, 7) is 0.173. The minimum Gasteiger partial charge on any atom is -0.392 e. The van der Waals surface area contributed by atoms with Crippen molar-refractivity contribution in [2.24, 2.45) is 0 Å². The number of aliphatic hydroxyl groups excluding tert-OH is 1. The van der Waals surface area contributed by atoms with Gasteiger partial charge in [-0.05, 0) is 30.5 Å². The Labute approximate surface area is 134 Å². The number of aromatic amines is 1. The molecule has 1 aromatic carbocycles. The maximum atomic E-state index is 11.9. The van der Waals surface area contributed by atoms with Crippen LogP contribution >= 0.6 is 11.6 Å². The molecule has 2 rings (SSSR count). The van der Waals surface area contributed by atoms with Crippen LogP contribution in [0, 0.1) is 0 Å². The number of aromatic nitrogens is 2. The predicted molar refractivity (Wildman–Crippen MR) is 85.0 cm³/mol. The molecule has 0 saturated carbocycles. The van der Waals surface area contributed by atoms with Crippen molar-refractivity contribution in [2.75, 3.05) is 5.75 Å². The van der Waals surface area contributed by atoms with Crippen LogP contribution < -0.4 is 4.72 Å². The van der Waals surface area contributed by atoms with Gasteiger partial charge in [0.05, 0.1) is 18.2 Å². The fraction of sp³-hybridized carbons (Fsp3) is 0.357. The van der Waals surface area contributed by atoms with Crippen molar-refractivity contribution in [2.45, 2.75) is 25.5 Å². The number of nitrogens with one attached hydrogen (secondary N) is 2. The lowest BCUT2D eigenvalue weighted by Gasteiger charge is -2.12. The first-order chi connectivity index (χ1) is 10.4. The standard InChI is InChI=1S/C14H18ClN3O3S/c15-12-3-1-11(2-4-12)7-18-22(20,21)9-14(19)6-5-13-8-16-10-17-13/h1-4,8,10,14,18-19H,5-7,9H2,(H,16,17). The molecule has 1 atom stereocenters. The van der Waals surface area contributed by atoms with E-state index in [1.807, 2.05) is 0 Å². The van der Waals surface area contributed by atoms with Crippen molar-refractivity contribution < 1.29 is 13.5 Å². The minimum absolute atomic E-state index is 0.173. The van der Waals surface area contributed by atoms with Crippen LogP contribution in [0.1, 0.15) is 17.7 Å². The van der Waals surface area contributed by atoms with Gasteiger partial charge >= 0.3 is 0 Å². The SMILES string of the molecule is O=S(=O)(CC(O)CCc1cnc[nH]1)NCc1ccc(Cl)cc1. The summed E-state index contributed by atoms with van der Waals surface area (Å²) in [5, 5.41) is 10.4. The Balaban J connectivity index is 1.78. The molecule has 1 heterocycles. The number of imidazole rings is 1. The number of hydrogen-bond donors (Lipinski definition) is 3. The fourth-order valence-electron chi connectivity index (χ4n) is 1.93. The zero-order chi connectivity index (χ0) is 16.0. The van der Waals surface area contributed by atoms with E-state index >= 15 is 0 Å². The quantitative estimate of drug-likeness (QED) is 0.676. The summed E-state index contributed by atoms with van der Waals surface area (Å²) in [6.07, 6.45) is 3.18. The Morgan fingerprint density at radius 3 is 2.68 bits per heavy atom. The third-order valence-corrected chi connectivity index (χ3v) is 4.78. The first-order valence-electron chi connectivity index (χ1n) is 6.82. The topological polar surface area (TPSA) is 95.1 Å². The van der Waals surface area contributed by atoms with Crippen molar-refractivity contribution in [3.05, 3.63) is 53.1 Å². The van der Waals surface area contributed by atoms with E-state index in [0.29, 0.717) is 17.9 Å². The second kappa shape index (κ2) is 7.73. The summed E-state index contributed by atoms with van der Waals surface area (Å²) in [5.41, 5.74) is 1.67. The van der Waals surface area contributed by atoms with E-state index in [4.69, 9.17) is 11.6 Å². The number of sulfonamides is 1. The van der Waals surface area contributed by atoms with Gasteiger partial charge in [0, 0.05) is 23.5 Å². The average molecular weight is 344 g/mol. The average Bonchev–Trinajstić information content (AvgIpc) is 2.97. The molecule has 8 heteroatoms. The molecule has 0 spiro atoms. The number of nitrogens with zero attached hydrogens (tertiary/aromatic N) is 1. The molecule has 1 unspecified atom stereocenters. The first-order valence-corrected chi connectivity index (χ1v) is 8.85. The number of halogens is 1. The van der Waals surface area contributed by atoms with Crippen LogP contribution in [0.3, 0.4) is 0 Å². The highest BCUT2D eigenvalue weighted by Crippen LogP contribution is 2.10. The summed E-state index contributed by atoms with van der Waals surface area (Å²) < 4.78 is 26.3. The van der Waals surface area contributed by atoms with Crippen molar-refractivity contribution in [1.29, 1.82) is 0 Å². The minimum atomic E-state index is -3.54. The third kappa shape index (κ3) is 5.76. The number of benzene rings is 1. The summed E-state index contributed by atoms with van der Waals surface area (Å²) in [5.74, 6) is -0.325. The van der Waals surface area contributed by atoms with E-state index in [9.17, 15) is 13.5 Å². The van der Waals surface area contributed by atoms with Crippen molar-refractivity contribution in [3.63, 3.8) is 0 Å². The molecule has 1 aromatic heterocycles. The van der Waals surface area contributed by atoms with Crippen LogP contribution in [0.4, 0.5) is 0 Å². The molecular formula is C14H18ClN3O3S. The highest BCUT2D eigenvalue weighted by atomic mass is 35.5. The van der Waals surface area contributed by atoms with Crippen LogP contribution in [0.25, 0.3) is 0 Å². The Morgan fingerprint density at radius 2 is 2.05 bits per heavy atom. The number of hydrogen-bond acceptors (Lipinski definition) is 4. The molecule has 2 aromatic rings. The second-order valence-corrected chi connectivity index (χ2v) is 7.29. The maximum absolute atomic E-state index is 11.9. The predicted octanol–water partition coefficient (Wildman–Crippen LogP) is 1.48. The zero-order valence-corrected chi connectivity index (χ0v) is 13.4. The van der Waals surface area contributed by atoms with Gasteiger partial charge in [-0.3, -0.25) is 0 Å². The molecule has 22 heavy (non-hydrogen) atoms. The molecule has 0 bridgehead atoms. The molecule has 0 fully saturated rings. The molecule has 3 N–H and O–H groups in total. The fourth-order valence-corrected chi connectivity index (χ4v) is 3.24. The molecule has 120 valence electrons. The van der Waals surface area contributed by atoms with Gasteiger partial charge in [0.2, 0.25) is 10.0 Å². The smallest absolute Gasteiger partial charge is 0.214 e. The van der Waals surface area contributed by atoms with Gasteiger partial charge < -0.3 is 10.1 Å². The summed E-state index contributed by atoms with van der Waals surface area (Å²) in [4.78, 5) is 6.78. The molecule has 0 amide bonds. The van der Waals surface area contributed by atoms with Gasteiger partial charge in [-0.15, -0.1) is 0 Å². The van der Waals surface area contributed by atoms with Crippen LogP contribution in [0.2, 0.25) is 5.02 Å². The van der Waals surface area contributed by atoms with Crippen molar-refractivity contribution in [1.82, 2.24) is 14.7 Å². The molecule has 0 radical (unpaired) electrons. The second-order valence-electron chi connectivity index (χ2n) is 5.00. The lowest BCUT2D eigenvalue weighted by Crippen LogP contribution is -2.32. The monoisotopic (exact) mass is 343 g/mol. The lowest BCUT2D eigenvalue weighted by molar-refractivity contribution is 0.186. The van der Waals surface area contributed by atoms with Crippen molar-refractivity contribution in [3.8, 4) is 0 Å². The highest BCUT2D eigenvalue weighted by molar-refractivity contribution is 7.89. The van der Waals surface area contributed by atoms with Crippen LogP contribution in [0.5, 0.6) is 0 Å². The van der Waals surface area contributed by atoms with Gasteiger partial charge in [-0.1, -0.05) is 23.7 Å². The van der Waals surface area contributed by atoms with Gasteiger partial charge in [-0.25, -0.2) is 18.1 Å². The van der Waals surface area contributed by atoms with Crippen LogP contribution in [-0.2, 0) is 23.0 Å². The van der Waals surface area contributed by atoms with Gasteiger partial charge in [0.15, 0.2) is 0 Å². The Morgan fingerprint density at radius 1 is 1.32 bits per heavy atom. The highest BCUT2D eigenvalue weighted by Gasteiger charge is 2.17. The number of H-pyrrole nitrogens is 1. The zero-order valence-electron chi connectivity index (χ0n) is 11.9. The largest absolute Gasteiger partial charge is 0.392 e. The Bertz CT molecular complexity index is 672. The molecule has 0 saturated heterocycles. The van der Waals surface area contributed by atoms with Crippen LogP contribution in [0.15, 0.2) is 36.8 Å². The third-order valence-electron chi connectivity index (χ3n) is 3.12. The van der Waals surface area contributed by atoms with Crippen LogP contribution in [-0.4, -0.2) is 35.3 Å². The number of aryl methyl sites for hydroxylation is 1. The molecule has 0 aliphatic heterocycles. The molecule has 0 aliphatic rings. The van der Waals surface area contributed by atoms with E-state index in [-0.39, 0.29) is 12.3 Å². The van der Waals surface area contributed by atoms with Gasteiger partial charge in [-0.2, -0.15) is 0 Å². The van der Waals surface area contributed by atoms with E-state index in [1.54, 1.807) is 36.8 Å². The summed E-state index contributed by atoms with van der Waals surface area (Å²) >= 11 is 5.77. The Hall–Kier alpha value is -1.41. The number of aliphatic hydroxyl groups is 1. The molecular weight excluding hydrogens is 326 g/mol. The first kappa shape index (κ1) is 17.0. The lowest BCUT2D eigenvalue weighted by atomic mass is 10.2.